The minimum Gasteiger partial charge on any atom is -0.484 e. The smallest absolute Gasteiger partial charge is 0.317 e. The Kier molecular flexibility index (Phi) is 23.8. The number of likely N-dealkylation sites (tertiary alicyclic amines) is 1. The number of carboxylic acid groups (broad SMARTS) is 3. The molecule has 1 aromatic heterocycles. The van der Waals surface area contributed by atoms with E-state index in [4.69, 9.17) is 18.9 Å². The molecule has 6 N–H and O–H groups in total. The Bertz CT molecular complexity index is 2010. The summed E-state index contributed by atoms with van der Waals surface area (Å²) in [6, 6.07) is 7.25. The number of nitriles is 1. The second-order valence-corrected chi connectivity index (χ2v) is 16.2. The molecule has 68 heavy (non-hydrogen) atoms. The van der Waals surface area contributed by atoms with Crippen LogP contribution < -0.4 is 20.7 Å². The molecule has 0 aliphatic carbocycles. The SMILES string of the molecule is C[C@@H](NC(=O)c1ccnc2cc(OCC(=O)NCCOCCOCCOCCNC(=O)CN3CCN(CC(=O)O)CCN(CC(=O)O)CCN(CC(=O)O)CC3)ccc12)C(=O)N1CCC[C@H]1C#N. The fourth-order valence-corrected chi connectivity index (χ4v) is 7.48. The number of benzene rings is 1. The van der Waals surface area contributed by atoms with Crippen LogP contribution in [0.3, 0.4) is 0 Å². The fraction of sp³-hybridized carbons (Fsp3) is 0.614. The number of carbonyl (C=O) groups is 7. The van der Waals surface area contributed by atoms with Gasteiger partial charge in [-0.05, 0) is 38.0 Å². The number of hydrogen-bond donors (Lipinski definition) is 6. The average Bonchev–Trinajstić information content (AvgIpc) is 3.78. The molecule has 0 saturated carbocycles. The summed E-state index contributed by atoms with van der Waals surface area (Å²) in [7, 11) is 0. The van der Waals surface area contributed by atoms with Crippen LogP contribution in [0.25, 0.3) is 10.9 Å². The molecule has 0 spiro atoms. The van der Waals surface area contributed by atoms with Gasteiger partial charge in [-0.1, -0.05) is 0 Å². The molecule has 2 atom stereocenters. The molecule has 3 heterocycles. The van der Waals surface area contributed by atoms with Crippen molar-refractivity contribution >= 4 is 52.4 Å². The van der Waals surface area contributed by atoms with Gasteiger partial charge in [-0.3, -0.25) is 58.1 Å². The molecule has 1 aromatic carbocycles. The van der Waals surface area contributed by atoms with Crippen molar-refractivity contribution in [2.75, 3.05) is 144 Å². The molecular formula is C44H64N10O14. The summed E-state index contributed by atoms with van der Waals surface area (Å²) in [4.78, 5) is 98.3. The van der Waals surface area contributed by atoms with Crippen molar-refractivity contribution in [1.82, 2.24) is 45.4 Å². The largest absolute Gasteiger partial charge is 0.484 e. The van der Waals surface area contributed by atoms with Gasteiger partial charge in [-0.2, -0.15) is 5.26 Å². The van der Waals surface area contributed by atoms with Crippen LogP contribution in [0.5, 0.6) is 5.75 Å². The first-order valence-corrected chi connectivity index (χ1v) is 22.6. The first-order valence-electron chi connectivity index (χ1n) is 22.6. The van der Waals surface area contributed by atoms with E-state index in [2.05, 4.69) is 27.0 Å². The summed E-state index contributed by atoms with van der Waals surface area (Å²) >= 11 is 0. The van der Waals surface area contributed by atoms with E-state index in [1.165, 1.54) is 11.1 Å². The Balaban J connectivity index is 1.04. The van der Waals surface area contributed by atoms with E-state index in [0.29, 0.717) is 68.0 Å². The molecule has 2 saturated heterocycles. The summed E-state index contributed by atoms with van der Waals surface area (Å²) in [6.07, 6.45) is 2.82. The minimum atomic E-state index is -1.04. The van der Waals surface area contributed by atoms with Gasteiger partial charge in [0, 0.05) is 89.6 Å². The maximum absolute atomic E-state index is 13.1. The third kappa shape index (κ3) is 20.0. The minimum absolute atomic E-state index is 0.000598. The first kappa shape index (κ1) is 54.5. The zero-order valence-electron chi connectivity index (χ0n) is 38.5. The maximum atomic E-state index is 13.1. The molecule has 374 valence electrons. The van der Waals surface area contributed by atoms with E-state index in [9.17, 15) is 54.1 Å². The number of hydrogen-bond acceptors (Lipinski definition) is 17. The van der Waals surface area contributed by atoms with E-state index >= 15 is 0 Å². The van der Waals surface area contributed by atoms with Crippen LogP contribution in [0.2, 0.25) is 0 Å². The van der Waals surface area contributed by atoms with E-state index < -0.39 is 35.9 Å². The number of aliphatic carboxylic acids is 3. The number of amides is 4. The number of aromatic nitrogens is 1. The average molecular weight is 957 g/mol. The molecule has 4 amide bonds. The van der Waals surface area contributed by atoms with Crippen LogP contribution in [-0.2, 0) is 43.0 Å². The zero-order valence-corrected chi connectivity index (χ0v) is 38.5. The monoisotopic (exact) mass is 956 g/mol. The predicted octanol–water partition coefficient (Wildman–Crippen LogP) is -2.00. The molecule has 2 aromatic rings. The van der Waals surface area contributed by atoms with Gasteiger partial charge in [0.15, 0.2) is 6.61 Å². The maximum Gasteiger partial charge on any atom is 0.317 e. The van der Waals surface area contributed by atoms with Gasteiger partial charge in [0.25, 0.3) is 11.8 Å². The Labute approximate surface area is 394 Å². The van der Waals surface area contributed by atoms with Gasteiger partial charge in [0.2, 0.25) is 11.8 Å². The Morgan fingerprint density at radius 3 is 1.72 bits per heavy atom. The lowest BCUT2D eigenvalue weighted by molar-refractivity contribution is -0.140. The highest BCUT2D eigenvalue weighted by molar-refractivity contribution is 6.07. The van der Waals surface area contributed by atoms with Crippen molar-refractivity contribution < 1.29 is 67.8 Å². The Morgan fingerprint density at radius 2 is 1.21 bits per heavy atom. The summed E-state index contributed by atoms with van der Waals surface area (Å²) in [5, 5.41) is 46.2. The number of rotatable bonds is 26. The van der Waals surface area contributed by atoms with E-state index in [1.54, 1.807) is 45.9 Å². The van der Waals surface area contributed by atoms with Crippen LogP contribution >= 0.6 is 0 Å². The van der Waals surface area contributed by atoms with Crippen LogP contribution in [0.1, 0.15) is 30.1 Å². The quantitative estimate of drug-likeness (QED) is 0.0556. The zero-order chi connectivity index (χ0) is 49.3. The number of pyridine rings is 1. The van der Waals surface area contributed by atoms with Crippen molar-refractivity contribution in [1.29, 1.82) is 5.26 Å². The molecule has 0 unspecified atom stereocenters. The van der Waals surface area contributed by atoms with E-state index in [1.807, 2.05) is 4.90 Å². The standard InChI is InChI=1S/C44H64N10O14/c1-32(44(64)54-10-2-3-33(54)26-45)49-43(63)36-6-7-46-37-25-34(4-5-35(36)37)68-31-39(56)48-9-20-66-22-24-67-23-21-65-19-8-47-38(55)27-50-11-13-51(28-40(57)58)15-17-53(30-42(61)62)18-16-52(14-12-50)29-41(59)60/h4-7,25,32-33H,2-3,8-24,27-31H2,1H3,(H,47,55)(H,48,56)(H,49,63)(H,57,58)(H,59,60)(H,61,62)/t32-,33+/m1/s1. The highest BCUT2D eigenvalue weighted by atomic mass is 16.5. The molecule has 2 aliphatic heterocycles. The third-order valence-corrected chi connectivity index (χ3v) is 11.0. The molecule has 24 nitrogen and oxygen atoms in total. The number of ether oxygens (including phenoxy) is 4. The van der Waals surface area contributed by atoms with Crippen molar-refractivity contribution in [3.05, 3.63) is 36.0 Å². The van der Waals surface area contributed by atoms with Crippen molar-refractivity contribution in [2.24, 2.45) is 0 Å². The van der Waals surface area contributed by atoms with Gasteiger partial charge in [0.05, 0.1) is 83.0 Å². The van der Waals surface area contributed by atoms with Gasteiger partial charge in [0.1, 0.15) is 17.8 Å². The number of fused-ring (bicyclic) bond motifs is 1. The second kappa shape index (κ2) is 29.6. The molecule has 24 heteroatoms. The summed E-state index contributed by atoms with van der Waals surface area (Å²) in [5.41, 5.74) is 0.772. The van der Waals surface area contributed by atoms with Crippen molar-refractivity contribution in [2.45, 2.75) is 31.8 Å². The van der Waals surface area contributed by atoms with Crippen molar-refractivity contribution in [3.63, 3.8) is 0 Å². The van der Waals surface area contributed by atoms with Crippen LogP contribution in [0.4, 0.5) is 0 Å². The van der Waals surface area contributed by atoms with Gasteiger partial charge < -0.3 is 55.1 Å². The Hall–Kier alpha value is -6.07. The number of carboxylic acids is 3. The molecule has 4 rings (SSSR count). The predicted molar refractivity (Wildman–Crippen MR) is 242 cm³/mol. The summed E-state index contributed by atoms with van der Waals surface area (Å²) in [5.74, 6) is -4.14. The number of nitrogens with one attached hydrogen (secondary N) is 3. The van der Waals surface area contributed by atoms with E-state index in [0.717, 1.165) is 6.42 Å². The Morgan fingerprint density at radius 1 is 0.706 bits per heavy atom. The van der Waals surface area contributed by atoms with Crippen LogP contribution in [-0.4, -0.2) is 243 Å². The normalized spacial score (nSPS) is 17.3. The highest BCUT2D eigenvalue weighted by Gasteiger charge is 2.32. The lowest BCUT2D eigenvalue weighted by Crippen LogP contribution is -2.50. The fourth-order valence-electron chi connectivity index (χ4n) is 7.48. The topological polar surface area (TPSA) is 306 Å². The number of carbonyl (C=O) groups excluding carboxylic acids is 4. The van der Waals surface area contributed by atoms with Crippen molar-refractivity contribution in [3.8, 4) is 11.8 Å². The first-order chi connectivity index (χ1) is 32.7. The van der Waals surface area contributed by atoms with Crippen LogP contribution in [0, 0.1) is 11.3 Å². The van der Waals surface area contributed by atoms with Crippen LogP contribution in [0.15, 0.2) is 30.5 Å². The molecule has 0 bridgehead atoms. The molecule has 2 fully saturated rings. The van der Waals surface area contributed by atoms with Gasteiger partial charge in [-0.15, -0.1) is 0 Å². The van der Waals surface area contributed by atoms with Gasteiger partial charge in [-0.25, -0.2) is 0 Å². The molecule has 0 radical (unpaired) electrons. The van der Waals surface area contributed by atoms with Gasteiger partial charge >= 0.3 is 17.9 Å². The van der Waals surface area contributed by atoms with E-state index in [-0.39, 0.29) is 123 Å². The lowest BCUT2D eigenvalue weighted by atomic mass is 10.1. The second-order valence-electron chi connectivity index (χ2n) is 16.2. The summed E-state index contributed by atoms with van der Waals surface area (Å²) in [6.45, 7) is 5.53. The molecule has 2 aliphatic rings. The lowest BCUT2D eigenvalue weighted by Gasteiger charge is -2.32. The number of nitrogens with zero attached hydrogens (tertiary/aromatic N) is 7. The summed E-state index contributed by atoms with van der Waals surface area (Å²) < 4.78 is 22.2. The highest BCUT2D eigenvalue weighted by Crippen LogP contribution is 2.23. The molecular weight excluding hydrogens is 893 g/mol. The third-order valence-electron chi connectivity index (χ3n) is 11.0.